The minimum atomic E-state index is 0.0994. The van der Waals surface area contributed by atoms with Crippen molar-refractivity contribution in [2.24, 2.45) is 0 Å². The quantitative estimate of drug-likeness (QED) is 0.748. The van der Waals surface area contributed by atoms with Crippen molar-refractivity contribution in [1.29, 1.82) is 0 Å². The minimum Gasteiger partial charge on any atom is -0.469 e. The zero-order valence-corrected chi connectivity index (χ0v) is 11.8. The van der Waals surface area contributed by atoms with Crippen molar-refractivity contribution in [2.75, 3.05) is 6.54 Å². The summed E-state index contributed by atoms with van der Waals surface area (Å²) >= 11 is 0. The second kappa shape index (κ2) is 6.86. The van der Waals surface area contributed by atoms with E-state index in [0.717, 1.165) is 24.4 Å². The molecule has 106 valence electrons. The van der Waals surface area contributed by atoms with Crippen molar-refractivity contribution in [3.63, 3.8) is 0 Å². The number of rotatable bonds is 6. The number of nitrogens with zero attached hydrogens (tertiary/aromatic N) is 1. The minimum absolute atomic E-state index is 0.0994. The molecule has 1 unspecified atom stereocenters. The Bertz CT molecular complexity index is 596. The van der Waals surface area contributed by atoms with Gasteiger partial charge in [-0.3, -0.25) is 4.98 Å². The van der Waals surface area contributed by atoms with Crippen LogP contribution in [0.15, 0.2) is 77.5 Å². The van der Waals surface area contributed by atoms with Crippen LogP contribution in [-0.2, 0) is 6.42 Å². The predicted molar refractivity (Wildman–Crippen MR) is 82.9 cm³/mol. The first-order valence-corrected chi connectivity index (χ1v) is 7.15. The van der Waals surface area contributed by atoms with Gasteiger partial charge in [-0.05, 0) is 29.8 Å². The SMILES string of the molecule is c1ccc(C(NCCc2ccco2)c2ccccn2)cc1. The summed E-state index contributed by atoms with van der Waals surface area (Å²) in [5.74, 6) is 0.996. The van der Waals surface area contributed by atoms with E-state index in [2.05, 4.69) is 40.6 Å². The number of benzene rings is 1. The first-order chi connectivity index (χ1) is 10.4. The van der Waals surface area contributed by atoms with E-state index in [1.807, 2.05) is 36.5 Å². The van der Waals surface area contributed by atoms with Crippen LogP contribution in [0, 0.1) is 0 Å². The molecular weight excluding hydrogens is 260 g/mol. The number of nitrogens with one attached hydrogen (secondary N) is 1. The van der Waals surface area contributed by atoms with Crippen LogP contribution >= 0.6 is 0 Å². The number of hydrogen-bond acceptors (Lipinski definition) is 3. The standard InChI is InChI=1S/C18H18N2O/c1-2-7-15(8-3-1)18(17-10-4-5-12-19-17)20-13-11-16-9-6-14-21-16/h1-10,12,14,18,20H,11,13H2. The third-order valence-electron chi connectivity index (χ3n) is 3.42. The summed E-state index contributed by atoms with van der Waals surface area (Å²) in [4.78, 5) is 4.49. The lowest BCUT2D eigenvalue weighted by molar-refractivity contribution is 0.489. The maximum absolute atomic E-state index is 5.37. The second-order valence-electron chi connectivity index (χ2n) is 4.88. The molecule has 2 heterocycles. The smallest absolute Gasteiger partial charge is 0.105 e. The van der Waals surface area contributed by atoms with Gasteiger partial charge in [0.15, 0.2) is 0 Å². The molecule has 1 aromatic carbocycles. The Hall–Kier alpha value is -2.39. The molecule has 3 heteroatoms. The Morgan fingerprint density at radius 1 is 0.952 bits per heavy atom. The van der Waals surface area contributed by atoms with Crippen molar-refractivity contribution < 1.29 is 4.42 Å². The van der Waals surface area contributed by atoms with Gasteiger partial charge in [0.2, 0.25) is 0 Å². The number of aromatic nitrogens is 1. The Morgan fingerprint density at radius 3 is 2.52 bits per heavy atom. The van der Waals surface area contributed by atoms with E-state index < -0.39 is 0 Å². The van der Waals surface area contributed by atoms with Gasteiger partial charge in [0.25, 0.3) is 0 Å². The zero-order valence-electron chi connectivity index (χ0n) is 11.8. The monoisotopic (exact) mass is 278 g/mol. The van der Waals surface area contributed by atoms with Crippen LogP contribution in [0.2, 0.25) is 0 Å². The largest absolute Gasteiger partial charge is 0.469 e. The molecular formula is C18H18N2O. The molecule has 1 N–H and O–H groups in total. The highest BCUT2D eigenvalue weighted by atomic mass is 16.3. The summed E-state index contributed by atoms with van der Waals surface area (Å²) in [7, 11) is 0. The number of pyridine rings is 1. The molecule has 2 aromatic heterocycles. The fraction of sp³-hybridized carbons (Fsp3) is 0.167. The van der Waals surface area contributed by atoms with Gasteiger partial charge >= 0.3 is 0 Å². The van der Waals surface area contributed by atoms with Gasteiger partial charge in [-0.1, -0.05) is 36.4 Å². The highest BCUT2D eigenvalue weighted by molar-refractivity contribution is 5.27. The normalized spacial score (nSPS) is 12.2. The molecule has 0 fully saturated rings. The number of furan rings is 1. The molecule has 0 spiro atoms. The van der Waals surface area contributed by atoms with E-state index in [1.165, 1.54) is 5.56 Å². The molecule has 0 aliphatic carbocycles. The van der Waals surface area contributed by atoms with Crippen LogP contribution in [0.3, 0.4) is 0 Å². The molecule has 3 aromatic rings. The van der Waals surface area contributed by atoms with E-state index in [1.54, 1.807) is 6.26 Å². The molecule has 0 aliphatic heterocycles. The number of hydrogen-bond donors (Lipinski definition) is 1. The molecule has 1 atom stereocenters. The molecule has 0 aliphatic rings. The summed E-state index contributed by atoms with van der Waals surface area (Å²) in [5, 5.41) is 3.57. The first-order valence-electron chi connectivity index (χ1n) is 7.15. The molecule has 0 radical (unpaired) electrons. The lowest BCUT2D eigenvalue weighted by Gasteiger charge is -2.18. The highest BCUT2D eigenvalue weighted by Gasteiger charge is 2.14. The Balaban J connectivity index is 1.73. The Labute approximate surface area is 124 Å². The fourth-order valence-corrected chi connectivity index (χ4v) is 2.38. The van der Waals surface area contributed by atoms with Crippen LogP contribution in [0.4, 0.5) is 0 Å². The van der Waals surface area contributed by atoms with Gasteiger partial charge in [0, 0.05) is 19.2 Å². The zero-order chi connectivity index (χ0) is 14.3. The van der Waals surface area contributed by atoms with Crippen LogP contribution in [0.5, 0.6) is 0 Å². The average molecular weight is 278 g/mol. The maximum atomic E-state index is 5.37. The van der Waals surface area contributed by atoms with Crippen molar-refractivity contribution >= 4 is 0 Å². The predicted octanol–water partition coefficient (Wildman–Crippen LogP) is 3.60. The van der Waals surface area contributed by atoms with E-state index >= 15 is 0 Å². The van der Waals surface area contributed by atoms with E-state index in [4.69, 9.17) is 4.42 Å². The van der Waals surface area contributed by atoms with Crippen LogP contribution in [0.1, 0.15) is 23.1 Å². The molecule has 0 saturated heterocycles. The van der Waals surface area contributed by atoms with Crippen molar-refractivity contribution in [3.8, 4) is 0 Å². The summed E-state index contributed by atoms with van der Waals surface area (Å²) < 4.78 is 5.37. The van der Waals surface area contributed by atoms with Crippen molar-refractivity contribution in [3.05, 3.63) is 90.1 Å². The first kappa shape index (κ1) is 13.6. The second-order valence-corrected chi connectivity index (χ2v) is 4.88. The maximum Gasteiger partial charge on any atom is 0.105 e. The molecule has 0 bridgehead atoms. The molecule has 3 rings (SSSR count). The van der Waals surface area contributed by atoms with E-state index in [-0.39, 0.29) is 6.04 Å². The summed E-state index contributed by atoms with van der Waals surface area (Å²) in [6, 6.07) is 20.4. The van der Waals surface area contributed by atoms with Crippen LogP contribution in [0.25, 0.3) is 0 Å². The summed E-state index contributed by atoms with van der Waals surface area (Å²) in [5.41, 5.74) is 2.25. The lowest BCUT2D eigenvalue weighted by Crippen LogP contribution is -2.25. The lowest BCUT2D eigenvalue weighted by atomic mass is 10.0. The molecule has 0 saturated carbocycles. The van der Waals surface area contributed by atoms with Gasteiger partial charge in [0.1, 0.15) is 5.76 Å². The summed E-state index contributed by atoms with van der Waals surface area (Å²) in [6.07, 6.45) is 4.41. The van der Waals surface area contributed by atoms with Crippen LogP contribution < -0.4 is 5.32 Å². The average Bonchev–Trinajstić information content (AvgIpc) is 3.07. The summed E-state index contributed by atoms with van der Waals surface area (Å²) in [6.45, 7) is 0.837. The molecule has 21 heavy (non-hydrogen) atoms. The van der Waals surface area contributed by atoms with Gasteiger partial charge in [-0.25, -0.2) is 0 Å². The fourth-order valence-electron chi connectivity index (χ4n) is 2.38. The third-order valence-corrected chi connectivity index (χ3v) is 3.42. The Kier molecular flexibility index (Phi) is 4.44. The van der Waals surface area contributed by atoms with Crippen molar-refractivity contribution in [1.82, 2.24) is 10.3 Å². The Morgan fingerprint density at radius 2 is 1.81 bits per heavy atom. The van der Waals surface area contributed by atoms with Gasteiger partial charge in [0.05, 0.1) is 18.0 Å². The molecule has 0 amide bonds. The van der Waals surface area contributed by atoms with Crippen molar-refractivity contribution in [2.45, 2.75) is 12.5 Å². The third kappa shape index (κ3) is 3.58. The molecule has 3 nitrogen and oxygen atoms in total. The topological polar surface area (TPSA) is 38.1 Å². The van der Waals surface area contributed by atoms with Gasteiger partial charge < -0.3 is 9.73 Å². The highest BCUT2D eigenvalue weighted by Crippen LogP contribution is 2.19. The van der Waals surface area contributed by atoms with Crippen LogP contribution in [-0.4, -0.2) is 11.5 Å². The van der Waals surface area contributed by atoms with Gasteiger partial charge in [-0.2, -0.15) is 0 Å². The van der Waals surface area contributed by atoms with E-state index in [9.17, 15) is 0 Å². The van der Waals surface area contributed by atoms with Gasteiger partial charge in [-0.15, -0.1) is 0 Å². The van der Waals surface area contributed by atoms with E-state index in [0.29, 0.717) is 0 Å².